The van der Waals surface area contributed by atoms with Crippen molar-refractivity contribution in [1.29, 1.82) is 0 Å². The van der Waals surface area contributed by atoms with Gasteiger partial charge < -0.3 is 44.4 Å². The smallest absolute Gasteiger partial charge is 0.407 e. The van der Waals surface area contributed by atoms with Gasteiger partial charge in [0.15, 0.2) is 0 Å². The maximum absolute atomic E-state index is 13.6. The highest BCUT2D eigenvalue weighted by molar-refractivity contribution is 5.85. The topological polar surface area (TPSA) is 180 Å². The summed E-state index contributed by atoms with van der Waals surface area (Å²) in [7, 11) is 3.03. The van der Waals surface area contributed by atoms with Crippen molar-refractivity contribution in [3.05, 3.63) is 0 Å². The zero-order valence-electron chi connectivity index (χ0n) is 43.5. The minimum atomic E-state index is -0.888. The number of hydrogen-bond acceptors (Lipinski definition) is 12. The molecule has 15 heteroatoms. The number of rotatable bonds is 48. The van der Waals surface area contributed by atoms with Gasteiger partial charge in [0.25, 0.3) is 0 Å². The molecule has 0 heterocycles. The van der Waals surface area contributed by atoms with E-state index in [4.69, 9.17) is 28.4 Å². The highest BCUT2D eigenvalue weighted by Crippen LogP contribution is 2.22. The molecule has 0 aliphatic carbocycles. The van der Waals surface area contributed by atoms with Crippen LogP contribution in [0.15, 0.2) is 0 Å². The molecular formula is C52H100N4O11. The molecule has 3 amide bonds. The van der Waals surface area contributed by atoms with Crippen LogP contribution in [0.5, 0.6) is 0 Å². The predicted molar refractivity (Wildman–Crippen MR) is 267 cm³/mol. The number of unbranched alkanes of at least 4 members (excludes halogenated alkanes) is 17. The Labute approximate surface area is 407 Å². The third-order valence-corrected chi connectivity index (χ3v) is 12.2. The third-order valence-electron chi connectivity index (χ3n) is 12.2. The van der Waals surface area contributed by atoms with Gasteiger partial charge in [-0.15, -0.1) is 0 Å². The zero-order valence-corrected chi connectivity index (χ0v) is 43.5. The van der Waals surface area contributed by atoms with E-state index in [1.54, 1.807) is 0 Å². The van der Waals surface area contributed by atoms with Gasteiger partial charge in [0.2, 0.25) is 5.91 Å². The summed E-state index contributed by atoms with van der Waals surface area (Å²) >= 11 is 0. The van der Waals surface area contributed by atoms with Crippen LogP contribution in [0, 0.1) is 11.8 Å². The van der Waals surface area contributed by atoms with E-state index < -0.39 is 18.2 Å². The fraction of sp³-hybridized carbons (Fsp3) is 0.904. The van der Waals surface area contributed by atoms with E-state index in [1.807, 2.05) is 4.90 Å². The standard InChI is InChI=1S/C52H100N4O11/c1-7-11-15-19-21-25-31-45(29-23-17-13-9-3)49(58)64-39-37-56(38-40-65-50(59)46(30-24-18-14-10-4)32-26-22-20-16-12-8-2)36-35-53-48(57)47(55-52(61)67-44-42-63-6)33-27-28-34-54-51(60)66-43-41-62-5/h45-47H,7-44H2,1-6H3,(H,53,57)(H,54,60)(H,55,61). The molecule has 0 aliphatic heterocycles. The largest absolute Gasteiger partial charge is 0.464 e. The highest BCUT2D eigenvalue weighted by atomic mass is 16.6. The van der Waals surface area contributed by atoms with Gasteiger partial charge in [-0.3, -0.25) is 19.3 Å². The van der Waals surface area contributed by atoms with Crippen LogP contribution in [-0.2, 0) is 42.8 Å². The molecule has 0 fully saturated rings. The first-order valence-electron chi connectivity index (χ1n) is 26.8. The first kappa shape index (κ1) is 63.8. The number of hydrogen-bond donors (Lipinski definition) is 3. The molecule has 0 aromatic rings. The second-order valence-electron chi connectivity index (χ2n) is 18.0. The van der Waals surface area contributed by atoms with Crippen molar-refractivity contribution in [1.82, 2.24) is 20.9 Å². The maximum atomic E-state index is 13.6. The van der Waals surface area contributed by atoms with Gasteiger partial charge in [-0.2, -0.15) is 0 Å². The molecule has 3 unspecified atom stereocenters. The molecule has 0 rings (SSSR count). The van der Waals surface area contributed by atoms with E-state index in [0.717, 1.165) is 103 Å². The van der Waals surface area contributed by atoms with E-state index in [2.05, 4.69) is 43.6 Å². The average molecular weight is 957 g/mol. The van der Waals surface area contributed by atoms with Crippen molar-refractivity contribution in [2.75, 3.05) is 86.6 Å². The lowest BCUT2D eigenvalue weighted by molar-refractivity contribution is -0.150. The molecule has 67 heavy (non-hydrogen) atoms. The molecule has 3 N–H and O–H groups in total. The van der Waals surface area contributed by atoms with E-state index in [9.17, 15) is 24.0 Å². The molecular weight excluding hydrogens is 857 g/mol. The zero-order chi connectivity index (χ0) is 49.4. The van der Waals surface area contributed by atoms with Crippen LogP contribution >= 0.6 is 0 Å². The van der Waals surface area contributed by atoms with Gasteiger partial charge >= 0.3 is 24.1 Å². The monoisotopic (exact) mass is 957 g/mol. The lowest BCUT2D eigenvalue weighted by atomic mass is 9.94. The van der Waals surface area contributed by atoms with Crippen LogP contribution in [0.2, 0.25) is 0 Å². The Morgan fingerprint density at radius 1 is 0.403 bits per heavy atom. The van der Waals surface area contributed by atoms with Crippen LogP contribution in [-0.4, -0.2) is 128 Å². The summed E-state index contributed by atoms with van der Waals surface area (Å²) in [6.45, 7) is 11.7. The summed E-state index contributed by atoms with van der Waals surface area (Å²) in [6, 6.07) is -0.888. The van der Waals surface area contributed by atoms with Gasteiger partial charge in [-0.1, -0.05) is 156 Å². The Hall–Kier alpha value is -3.17. The second-order valence-corrected chi connectivity index (χ2v) is 18.0. The van der Waals surface area contributed by atoms with Gasteiger partial charge in [0.1, 0.15) is 32.5 Å². The molecule has 0 spiro atoms. The van der Waals surface area contributed by atoms with Gasteiger partial charge in [-0.05, 0) is 44.9 Å². The lowest BCUT2D eigenvalue weighted by Gasteiger charge is -2.24. The minimum Gasteiger partial charge on any atom is -0.464 e. The van der Waals surface area contributed by atoms with Crippen LogP contribution < -0.4 is 16.0 Å². The number of nitrogens with one attached hydrogen (secondary N) is 3. The molecule has 394 valence electrons. The highest BCUT2D eigenvalue weighted by Gasteiger charge is 2.24. The second kappa shape index (κ2) is 47.9. The van der Waals surface area contributed by atoms with Crippen LogP contribution in [0.4, 0.5) is 9.59 Å². The fourth-order valence-electron chi connectivity index (χ4n) is 7.92. The molecule has 0 aliphatic rings. The summed E-state index contributed by atoms with van der Waals surface area (Å²) in [5.74, 6) is -0.901. The number of ether oxygens (including phenoxy) is 6. The van der Waals surface area contributed by atoms with Crippen molar-refractivity contribution in [2.24, 2.45) is 11.8 Å². The summed E-state index contributed by atoms with van der Waals surface area (Å²) in [5.41, 5.74) is 0. The van der Waals surface area contributed by atoms with E-state index in [1.165, 1.54) is 65.6 Å². The van der Waals surface area contributed by atoms with Crippen molar-refractivity contribution in [3.8, 4) is 0 Å². The molecule has 0 bridgehead atoms. The Morgan fingerprint density at radius 2 is 0.806 bits per heavy atom. The minimum absolute atomic E-state index is 0.0349. The van der Waals surface area contributed by atoms with Gasteiger partial charge in [-0.25, -0.2) is 9.59 Å². The number of esters is 2. The molecule has 15 nitrogen and oxygen atoms in total. The summed E-state index contributed by atoms with van der Waals surface area (Å²) in [4.78, 5) is 67.2. The Kier molecular flexibility index (Phi) is 45.6. The number of carbonyl (C=O) groups is 5. The van der Waals surface area contributed by atoms with Gasteiger partial charge in [0.05, 0.1) is 25.0 Å². The molecule has 0 aromatic carbocycles. The van der Waals surface area contributed by atoms with E-state index in [0.29, 0.717) is 52.0 Å². The number of carbonyl (C=O) groups excluding carboxylic acids is 5. The van der Waals surface area contributed by atoms with E-state index >= 15 is 0 Å². The van der Waals surface area contributed by atoms with Gasteiger partial charge in [0, 0.05) is 46.9 Å². The van der Waals surface area contributed by atoms with E-state index in [-0.39, 0.29) is 69.3 Å². The normalized spacial score (nSPS) is 12.6. The lowest BCUT2D eigenvalue weighted by Crippen LogP contribution is -2.49. The first-order valence-corrected chi connectivity index (χ1v) is 26.8. The number of nitrogens with zero attached hydrogens (tertiary/aromatic N) is 1. The molecule has 3 atom stereocenters. The van der Waals surface area contributed by atoms with Crippen LogP contribution in [0.1, 0.15) is 201 Å². The quantitative estimate of drug-likeness (QED) is 0.0299. The van der Waals surface area contributed by atoms with Crippen molar-refractivity contribution in [3.63, 3.8) is 0 Å². The van der Waals surface area contributed by atoms with Crippen LogP contribution in [0.25, 0.3) is 0 Å². The number of alkyl carbamates (subject to hydrolysis) is 2. The average Bonchev–Trinajstić information content (AvgIpc) is 3.31. The number of amides is 3. The predicted octanol–water partition coefficient (Wildman–Crippen LogP) is 10.4. The summed E-state index contributed by atoms with van der Waals surface area (Å²) in [5, 5.41) is 8.32. The maximum Gasteiger partial charge on any atom is 0.407 e. The van der Waals surface area contributed by atoms with Crippen molar-refractivity contribution in [2.45, 2.75) is 207 Å². The molecule has 0 aromatic heterocycles. The molecule has 0 radical (unpaired) electrons. The summed E-state index contributed by atoms with van der Waals surface area (Å²) in [6.07, 6.45) is 26.4. The Balaban J connectivity index is 5.79. The van der Waals surface area contributed by atoms with Crippen molar-refractivity contribution >= 4 is 30.0 Å². The molecule has 0 saturated carbocycles. The Bertz CT molecular complexity index is 1150. The summed E-state index contributed by atoms with van der Waals surface area (Å²) < 4.78 is 32.0. The van der Waals surface area contributed by atoms with Crippen molar-refractivity contribution < 1.29 is 52.4 Å². The number of methoxy groups -OCH3 is 2. The molecule has 0 saturated heterocycles. The first-order chi connectivity index (χ1) is 32.7. The SMILES string of the molecule is CCCCCCCCC(CCCCCC)C(=O)OCCN(CCNC(=O)C(CCCCNC(=O)OCCOC)NC(=O)OCCOC)CCOC(=O)C(CCCCCC)CCCCCCCC. The Morgan fingerprint density at radius 3 is 1.25 bits per heavy atom. The van der Waals surface area contributed by atoms with Crippen LogP contribution in [0.3, 0.4) is 0 Å². The third kappa shape index (κ3) is 39.4. The fourth-order valence-corrected chi connectivity index (χ4v) is 7.92.